The molecule has 0 unspecified atom stereocenters. The van der Waals surface area contributed by atoms with Crippen LogP contribution < -0.4 is 11.1 Å². The fourth-order valence-electron chi connectivity index (χ4n) is 2.57. The molecule has 0 aliphatic rings. The van der Waals surface area contributed by atoms with E-state index >= 15 is 0 Å². The minimum atomic E-state index is -0.515. The number of nitrogens with one attached hydrogen (secondary N) is 1. The molecular formula is C18H15FN2O2S. The molecule has 0 radical (unpaired) electrons. The summed E-state index contributed by atoms with van der Waals surface area (Å²) in [5.41, 5.74) is 7.04. The predicted molar refractivity (Wildman–Crippen MR) is 92.7 cm³/mol. The third-order valence-corrected chi connectivity index (χ3v) is 5.03. The van der Waals surface area contributed by atoms with Gasteiger partial charge < -0.3 is 11.1 Å². The number of thiophene rings is 1. The fraction of sp³-hybridized carbons (Fsp3) is 0.111. The summed E-state index contributed by atoms with van der Waals surface area (Å²) in [6.45, 7) is 2.00. The molecule has 1 aromatic heterocycles. The molecule has 3 N–H and O–H groups in total. The third kappa shape index (κ3) is 3.00. The van der Waals surface area contributed by atoms with Gasteiger partial charge in [-0.15, -0.1) is 11.3 Å². The Balaban J connectivity index is 1.81. The smallest absolute Gasteiger partial charge is 0.261 e. The molecular weight excluding hydrogens is 327 g/mol. The summed E-state index contributed by atoms with van der Waals surface area (Å²) < 4.78 is 14.7. The first-order valence-corrected chi connectivity index (χ1v) is 8.13. The van der Waals surface area contributed by atoms with Crippen LogP contribution in [0.3, 0.4) is 0 Å². The Morgan fingerprint density at radius 1 is 1.21 bits per heavy atom. The van der Waals surface area contributed by atoms with E-state index in [1.165, 1.54) is 17.4 Å². The highest BCUT2D eigenvalue weighted by Crippen LogP contribution is 2.32. The Labute approximate surface area is 142 Å². The van der Waals surface area contributed by atoms with Crippen LogP contribution >= 0.6 is 11.3 Å². The van der Waals surface area contributed by atoms with Crippen molar-refractivity contribution < 1.29 is 14.0 Å². The molecule has 0 saturated carbocycles. The zero-order valence-electron chi connectivity index (χ0n) is 12.9. The average Bonchev–Trinajstić information content (AvgIpc) is 2.91. The van der Waals surface area contributed by atoms with Gasteiger partial charge in [0, 0.05) is 22.2 Å². The zero-order valence-corrected chi connectivity index (χ0v) is 13.7. The van der Waals surface area contributed by atoms with E-state index in [1.54, 1.807) is 43.3 Å². The van der Waals surface area contributed by atoms with Gasteiger partial charge in [0.25, 0.3) is 5.91 Å². The van der Waals surface area contributed by atoms with Gasteiger partial charge in [-0.05, 0) is 42.3 Å². The molecule has 6 heteroatoms. The quantitative estimate of drug-likeness (QED) is 0.763. The largest absolute Gasteiger partial charge is 0.366 e. The van der Waals surface area contributed by atoms with Crippen LogP contribution in [-0.4, -0.2) is 11.8 Å². The van der Waals surface area contributed by atoms with Crippen molar-refractivity contribution in [3.8, 4) is 0 Å². The molecule has 0 aliphatic heterocycles. The SMILES string of the molecule is Cc1c(C(=O)NCc2cccc(C(N)=O)c2)sc2cccc(F)c12. The first-order chi connectivity index (χ1) is 11.5. The normalized spacial score (nSPS) is 10.8. The number of hydrogen-bond donors (Lipinski definition) is 2. The molecule has 122 valence electrons. The molecule has 24 heavy (non-hydrogen) atoms. The van der Waals surface area contributed by atoms with Crippen LogP contribution in [0.15, 0.2) is 42.5 Å². The highest BCUT2D eigenvalue weighted by Gasteiger charge is 2.17. The van der Waals surface area contributed by atoms with Crippen LogP contribution in [0.5, 0.6) is 0 Å². The number of benzene rings is 2. The lowest BCUT2D eigenvalue weighted by molar-refractivity contribution is 0.0953. The summed E-state index contributed by atoms with van der Waals surface area (Å²) in [4.78, 5) is 24.1. The molecule has 0 aliphatic carbocycles. The van der Waals surface area contributed by atoms with Crippen molar-refractivity contribution in [3.63, 3.8) is 0 Å². The maximum Gasteiger partial charge on any atom is 0.261 e. The summed E-state index contributed by atoms with van der Waals surface area (Å²) in [6.07, 6.45) is 0. The molecule has 2 aromatic carbocycles. The maximum atomic E-state index is 13.9. The van der Waals surface area contributed by atoms with Crippen LogP contribution in [0, 0.1) is 12.7 Å². The average molecular weight is 342 g/mol. The first kappa shape index (κ1) is 16.1. The summed E-state index contributed by atoms with van der Waals surface area (Å²) in [5, 5.41) is 3.29. The Bertz CT molecular complexity index is 949. The van der Waals surface area contributed by atoms with E-state index in [-0.39, 0.29) is 18.3 Å². The summed E-state index contributed by atoms with van der Waals surface area (Å²) in [6, 6.07) is 11.6. The summed E-state index contributed by atoms with van der Waals surface area (Å²) >= 11 is 1.26. The van der Waals surface area contributed by atoms with E-state index in [2.05, 4.69) is 5.32 Å². The van der Waals surface area contributed by atoms with Crippen LogP contribution in [-0.2, 0) is 6.54 Å². The highest BCUT2D eigenvalue weighted by molar-refractivity contribution is 7.21. The van der Waals surface area contributed by atoms with Gasteiger partial charge in [-0.25, -0.2) is 4.39 Å². The van der Waals surface area contributed by atoms with E-state index in [4.69, 9.17) is 5.73 Å². The van der Waals surface area contributed by atoms with Crippen molar-refractivity contribution in [2.75, 3.05) is 0 Å². The second-order valence-corrected chi connectivity index (χ2v) is 6.47. The van der Waals surface area contributed by atoms with Gasteiger partial charge in [0.05, 0.1) is 4.88 Å². The van der Waals surface area contributed by atoms with Gasteiger partial charge in [-0.2, -0.15) is 0 Å². The van der Waals surface area contributed by atoms with Crippen molar-refractivity contribution in [2.24, 2.45) is 5.73 Å². The number of hydrogen-bond acceptors (Lipinski definition) is 3. The van der Waals surface area contributed by atoms with Gasteiger partial charge in [-0.3, -0.25) is 9.59 Å². The van der Waals surface area contributed by atoms with Gasteiger partial charge in [0.1, 0.15) is 5.82 Å². The number of carbonyl (C=O) groups is 2. The van der Waals surface area contributed by atoms with Gasteiger partial charge in [0.15, 0.2) is 0 Å². The van der Waals surface area contributed by atoms with E-state index in [1.807, 2.05) is 0 Å². The zero-order chi connectivity index (χ0) is 17.3. The van der Waals surface area contributed by atoms with Crippen molar-refractivity contribution in [1.29, 1.82) is 0 Å². The van der Waals surface area contributed by atoms with Crippen LogP contribution in [0.25, 0.3) is 10.1 Å². The van der Waals surface area contributed by atoms with E-state index in [9.17, 15) is 14.0 Å². The molecule has 0 fully saturated rings. The standard InChI is InChI=1S/C18H15FN2O2S/c1-10-15-13(19)6-3-7-14(15)24-16(10)18(23)21-9-11-4-2-5-12(8-11)17(20)22/h2-8H,9H2,1H3,(H2,20,22)(H,21,23). The molecule has 0 spiro atoms. The van der Waals surface area contributed by atoms with Crippen molar-refractivity contribution in [2.45, 2.75) is 13.5 Å². The maximum absolute atomic E-state index is 13.9. The second kappa shape index (κ2) is 6.41. The monoisotopic (exact) mass is 342 g/mol. The lowest BCUT2D eigenvalue weighted by Gasteiger charge is -2.06. The van der Waals surface area contributed by atoms with Crippen molar-refractivity contribution in [1.82, 2.24) is 5.32 Å². The van der Waals surface area contributed by atoms with E-state index < -0.39 is 5.91 Å². The molecule has 3 aromatic rings. The van der Waals surface area contributed by atoms with Gasteiger partial charge in [0.2, 0.25) is 5.91 Å². The van der Waals surface area contributed by atoms with Crippen LogP contribution in [0.2, 0.25) is 0 Å². The third-order valence-electron chi connectivity index (χ3n) is 3.77. The number of carbonyl (C=O) groups excluding carboxylic acids is 2. The Morgan fingerprint density at radius 2 is 1.96 bits per heavy atom. The molecule has 0 bridgehead atoms. The number of fused-ring (bicyclic) bond motifs is 1. The van der Waals surface area contributed by atoms with Gasteiger partial charge in [-0.1, -0.05) is 18.2 Å². The van der Waals surface area contributed by atoms with Crippen LogP contribution in [0.4, 0.5) is 4.39 Å². The topological polar surface area (TPSA) is 72.2 Å². The number of amides is 2. The van der Waals surface area contributed by atoms with Gasteiger partial charge >= 0.3 is 0 Å². The number of aryl methyl sites for hydroxylation is 1. The minimum Gasteiger partial charge on any atom is -0.366 e. The lowest BCUT2D eigenvalue weighted by Crippen LogP contribution is -2.22. The number of halogens is 1. The first-order valence-electron chi connectivity index (χ1n) is 7.32. The predicted octanol–water partition coefficient (Wildman–Crippen LogP) is 3.38. The summed E-state index contributed by atoms with van der Waals surface area (Å²) in [7, 11) is 0. The number of rotatable bonds is 4. The molecule has 0 atom stereocenters. The number of nitrogens with two attached hydrogens (primary N) is 1. The highest BCUT2D eigenvalue weighted by atomic mass is 32.1. The second-order valence-electron chi connectivity index (χ2n) is 5.42. The molecule has 1 heterocycles. The molecule has 3 rings (SSSR count). The Kier molecular flexibility index (Phi) is 4.31. The molecule has 4 nitrogen and oxygen atoms in total. The fourth-order valence-corrected chi connectivity index (χ4v) is 3.71. The Morgan fingerprint density at radius 3 is 2.67 bits per heavy atom. The van der Waals surface area contributed by atoms with E-state index in [0.29, 0.717) is 21.4 Å². The van der Waals surface area contributed by atoms with Crippen molar-refractivity contribution >= 4 is 33.2 Å². The van der Waals surface area contributed by atoms with Crippen LogP contribution in [0.1, 0.15) is 31.2 Å². The lowest BCUT2D eigenvalue weighted by atomic mass is 10.1. The molecule has 0 saturated heterocycles. The summed E-state index contributed by atoms with van der Waals surface area (Å²) in [5.74, 6) is -1.11. The minimum absolute atomic E-state index is 0.260. The Hall–Kier alpha value is -2.73. The number of primary amides is 1. The molecule has 2 amide bonds. The van der Waals surface area contributed by atoms with E-state index in [0.717, 1.165) is 10.3 Å². The van der Waals surface area contributed by atoms with Crippen molar-refractivity contribution in [3.05, 3.63) is 69.8 Å².